The van der Waals surface area contributed by atoms with Crippen molar-refractivity contribution in [2.24, 2.45) is 23.7 Å². The minimum atomic E-state index is -0.328. The first kappa shape index (κ1) is 41.9. The normalized spacial score (nSPS) is 10.5. The Labute approximate surface area is 280 Å². The Morgan fingerprint density at radius 1 is 0.311 bits per heavy atom. The van der Waals surface area contributed by atoms with Crippen LogP contribution in [0.1, 0.15) is 131 Å². The molecule has 248 valence electrons. The first-order valence-electron chi connectivity index (χ1n) is 17.7. The summed E-state index contributed by atoms with van der Waals surface area (Å²) in [5.41, 5.74) is 4.78. The zero-order valence-corrected chi connectivity index (χ0v) is 31.2. The number of hydrogen-bond acceptors (Lipinski definition) is 0. The second-order valence-electron chi connectivity index (χ2n) is 13.4. The van der Waals surface area contributed by atoms with Crippen LogP contribution in [0.25, 0.3) is 0 Å². The molecule has 0 aliphatic heterocycles. The summed E-state index contributed by atoms with van der Waals surface area (Å²) in [4.78, 5) is 0. The van der Waals surface area contributed by atoms with Crippen molar-refractivity contribution in [1.29, 1.82) is 0 Å². The lowest BCUT2D eigenvalue weighted by Crippen LogP contribution is -2.30. The van der Waals surface area contributed by atoms with Gasteiger partial charge < -0.3 is 0 Å². The smallest absolute Gasteiger partial charge is 0.0651 e. The van der Waals surface area contributed by atoms with Crippen molar-refractivity contribution < 1.29 is 0 Å². The lowest BCUT2D eigenvalue weighted by atomic mass is 9.65. The molecular formula is C45H68. The van der Waals surface area contributed by atoms with E-state index in [0.717, 1.165) is 23.7 Å². The van der Waals surface area contributed by atoms with Gasteiger partial charge in [-0.25, -0.2) is 0 Å². The number of rotatable bonds is 8. The third-order valence-corrected chi connectivity index (χ3v) is 8.09. The van der Waals surface area contributed by atoms with Gasteiger partial charge in [0.1, 0.15) is 0 Å². The predicted octanol–water partition coefficient (Wildman–Crippen LogP) is 14.3. The van der Waals surface area contributed by atoms with Gasteiger partial charge in [0.25, 0.3) is 0 Å². The Balaban J connectivity index is 0.000000792. The van der Waals surface area contributed by atoms with Crippen LogP contribution in [0.15, 0.2) is 121 Å². The molecule has 0 bridgehead atoms. The highest BCUT2D eigenvalue weighted by Gasteiger charge is 2.37. The summed E-state index contributed by atoms with van der Waals surface area (Å²) in [6.45, 7) is 26.6. The number of hydrogen-bond donors (Lipinski definition) is 0. The first-order chi connectivity index (χ1) is 21.5. The van der Waals surface area contributed by atoms with Gasteiger partial charge in [0.05, 0.1) is 5.41 Å². The van der Waals surface area contributed by atoms with Gasteiger partial charge in [0.2, 0.25) is 0 Å². The summed E-state index contributed by atoms with van der Waals surface area (Å²) in [7, 11) is 0. The highest BCUT2D eigenvalue weighted by molar-refractivity contribution is 5.59. The van der Waals surface area contributed by atoms with Gasteiger partial charge in [0, 0.05) is 0 Å². The topological polar surface area (TPSA) is 0 Å². The third-order valence-electron chi connectivity index (χ3n) is 8.09. The molecule has 0 spiro atoms. The van der Waals surface area contributed by atoms with E-state index < -0.39 is 0 Å². The van der Waals surface area contributed by atoms with Gasteiger partial charge in [-0.3, -0.25) is 0 Å². The number of benzene rings is 4. The van der Waals surface area contributed by atoms with E-state index in [1.807, 2.05) is 0 Å². The van der Waals surface area contributed by atoms with Crippen molar-refractivity contribution >= 4 is 0 Å². The highest BCUT2D eigenvalue weighted by Crippen LogP contribution is 2.44. The van der Waals surface area contributed by atoms with Crippen molar-refractivity contribution in [2.75, 3.05) is 0 Å². The van der Waals surface area contributed by atoms with Crippen LogP contribution in [0.2, 0.25) is 0 Å². The summed E-state index contributed by atoms with van der Waals surface area (Å²) in [5.74, 6) is 3.54. The van der Waals surface area contributed by atoms with Crippen LogP contribution in [0.4, 0.5) is 0 Å². The maximum absolute atomic E-state index is 2.23. The molecule has 0 nitrogen and oxygen atoms in total. The summed E-state index contributed by atoms with van der Waals surface area (Å²) < 4.78 is 0. The Hall–Kier alpha value is -3.12. The molecule has 0 fully saturated rings. The minimum Gasteiger partial charge on any atom is -0.0651 e. The van der Waals surface area contributed by atoms with Gasteiger partial charge in [-0.05, 0) is 45.9 Å². The molecule has 0 aliphatic carbocycles. The lowest BCUT2D eigenvalue weighted by molar-refractivity contribution is 0.626. The van der Waals surface area contributed by atoms with Crippen molar-refractivity contribution in [1.82, 2.24) is 0 Å². The fraction of sp³-hybridized carbons (Fsp3) is 0.467. The van der Waals surface area contributed by atoms with Crippen LogP contribution in [0, 0.1) is 23.7 Å². The Kier molecular flexibility index (Phi) is 23.4. The van der Waals surface area contributed by atoms with Gasteiger partial charge >= 0.3 is 0 Å². The van der Waals surface area contributed by atoms with E-state index in [-0.39, 0.29) is 5.41 Å². The van der Waals surface area contributed by atoms with Crippen LogP contribution in [-0.2, 0) is 5.41 Å². The molecule has 0 saturated heterocycles. The molecule has 4 aromatic carbocycles. The monoisotopic (exact) mass is 609 g/mol. The Morgan fingerprint density at radius 3 is 0.556 bits per heavy atom. The van der Waals surface area contributed by atoms with Crippen molar-refractivity contribution in [3.63, 3.8) is 0 Å². The molecule has 0 aromatic heterocycles. The van der Waals surface area contributed by atoms with Crippen molar-refractivity contribution in [2.45, 2.75) is 114 Å². The summed E-state index contributed by atoms with van der Waals surface area (Å²) >= 11 is 0. The zero-order valence-electron chi connectivity index (χ0n) is 31.2. The van der Waals surface area contributed by atoms with Crippen LogP contribution in [0.5, 0.6) is 0 Å². The maximum Gasteiger partial charge on any atom is 0.0701 e. The van der Waals surface area contributed by atoms with Crippen molar-refractivity contribution in [3.8, 4) is 0 Å². The van der Waals surface area contributed by atoms with Crippen LogP contribution < -0.4 is 0 Å². The molecule has 0 aliphatic rings. The van der Waals surface area contributed by atoms with Gasteiger partial charge in [-0.2, -0.15) is 0 Å². The SMILES string of the molecule is CCC(C)C.CCC(C)C.CCC(C)C.CCC(C)C.c1ccc(C(c2ccccc2)(c2ccccc2)c2ccccc2)cc1. The maximum atomic E-state index is 2.23. The fourth-order valence-corrected chi connectivity index (χ4v) is 3.75. The Morgan fingerprint density at radius 2 is 0.444 bits per heavy atom. The highest BCUT2D eigenvalue weighted by atomic mass is 14.4. The molecule has 0 atom stereocenters. The summed E-state index contributed by atoms with van der Waals surface area (Å²) in [6, 6.07) is 43.1. The molecule has 4 aromatic rings. The molecular weight excluding hydrogens is 540 g/mol. The van der Waals surface area contributed by atoms with Crippen molar-refractivity contribution in [3.05, 3.63) is 144 Å². The van der Waals surface area contributed by atoms with E-state index in [1.165, 1.54) is 47.9 Å². The average Bonchev–Trinajstić information content (AvgIpc) is 3.08. The molecule has 0 radical (unpaired) electrons. The van der Waals surface area contributed by atoms with Crippen LogP contribution in [0.3, 0.4) is 0 Å². The Bertz CT molecular complexity index is 960. The average molecular weight is 609 g/mol. The summed E-state index contributed by atoms with van der Waals surface area (Å²) in [5, 5.41) is 0. The standard InChI is InChI=1S/C25H20.4C5H12/c1-5-13-21(14-6-1)25(22-15-7-2-8-16-22,23-17-9-3-10-18-23)24-19-11-4-12-20-24;4*1-4-5(2)3/h1-20H;4*5H,4H2,1-3H3. The predicted molar refractivity (Wildman–Crippen MR) is 205 cm³/mol. The molecule has 45 heavy (non-hydrogen) atoms. The van der Waals surface area contributed by atoms with E-state index in [0.29, 0.717) is 0 Å². The van der Waals surface area contributed by atoms with Crippen LogP contribution in [-0.4, -0.2) is 0 Å². The fourth-order valence-electron chi connectivity index (χ4n) is 3.75. The molecule has 0 amide bonds. The van der Waals surface area contributed by atoms with Gasteiger partial charge in [-0.15, -0.1) is 0 Å². The van der Waals surface area contributed by atoms with E-state index in [4.69, 9.17) is 0 Å². The second-order valence-corrected chi connectivity index (χ2v) is 13.4. The second kappa shape index (κ2) is 25.1. The molecule has 0 heteroatoms. The van der Waals surface area contributed by atoms with Crippen LogP contribution >= 0.6 is 0 Å². The molecule has 0 unspecified atom stereocenters. The van der Waals surface area contributed by atoms with E-state index >= 15 is 0 Å². The quantitative estimate of drug-likeness (QED) is 0.175. The van der Waals surface area contributed by atoms with E-state index in [1.54, 1.807) is 0 Å². The third kappa shape index (κ3) is 16.7. The zero-order chi connectivity index (χ0) is 34.1. The lowest BCUT2D eigenvalue weighted by Gasteiger charge is -2.36. The van der Waals surface area contributed by atoms with Gasteiger partial charge in [-0.1, -0.05) is 230 Å². The van der Waals surface area contributed by atoms with E-state index in [2.05, 4.69) is 204 Å². The molecule has 4 rings (SSSR count). The van der Waals surface area contributed by atoms with Gasteiger partial charge in [0.15, 0.2) is 0 Å². The molecule has 0 heterocycles. The largest absolute Gasteiger partial charge is 0.0701 e. The molecule has 0 saturated carbocycles. The van der Waals surface area contributed by atoms with E-state index in [9.17, 15) is 0 Å². The minimum absolute atomic E-state index is 0.328. The summed E-state index contributed by atoms with van der Waals surface area (Å²) in [6.07, 6.45) is 5.22. The first-order valence-corrected chi connectivity index (χ1v) is 17.7. The molecule has 0 N–H and O–H groups in total.